The summed E-state index contributed by atoms with van der Waals surface area (Å²) in [6, 6.07) is 1.91. The fourth-order valence-electron chi connectivity index (χ4n) is 2.10. The summed E-state index contributed by atoms with van der Waals surface area (Å²) < 4.78 is 5.32. The molecule has 1 heterocycles. The zero-order valence-corrected chi connectivity index (χ0v) is 8.21. The molecule has 2 rings (SSSR count). The van der Waals surface area contributed by atoms with Crippen molar-refractivity contribution < 1.29 is 9.52 Å². The van der Waals surface area contributed by atoms with Crippen LogP contribution in [-0.4, -0.2) is 5.11 Å². The highest BCUT2D eigenvalue weighted by atomic mass is 16.4. The predicted octanol–water partition coefficient (Wildman–Crippen LogP) is 2.60. The third-order valence-electron chi connectivity index (χ3n) is 2.97. The van der Waals surface area contributed by atoms with Crippen molar-refractivity contribution in [2.45, 2.75) is 38.7 Å². The van der Waals surface area contributed by atoms with E-state index in [9.17, 15) is 5.11 Å². The second-order valence-corrected chi connectivity index (χ2v) is 4.05. The summed E-state index contributed by atoms with van der Waals surface area (Å²) in [6.45, 7) is 4.13. The maximum Gasteiger partial charge on any atom is 0.138 e. The van der Waals surface area contributed by atoms with Gasteiger partial charge in [0.15, 0.2) is 0 Å². The van der Waals surface area contributed by atoms with Crippen LogP contribution in [0.15, 0.2) is 16.7 Å². The zero-order chi connectivity index (χ0) is 9.47. The fourth-order valence-corrected chi connectivity index (χ4v) is 2.10. The summed E-state index contributed by atoms with van der Waals surface area (Å²) in [4.78, 5) is 0. The molecule has 0 aliphatic heterocycles. The van der Waals surface area contributed by atoms with E-state index in [1.165, 1.54) is 0 Å². The van der Waals surface area contributed by atoms with Gasteiger partial charge in [0.2, 0.25) is 0 Å². The van der Waals surface area contributed by atoms with E-state index in [4.69, 9.17) is 4.42 Å². The molecule has 1 aromatic rings. The van der Waals surface area contributed by atoms with E-state index in [-0.39, 0.29) is 0 Å². The quantitative estimate of drug-likeness (QED) is 0.775. The first kappa shape index (κ1) is 8.82. The summed E-state index contributed by atoms with van der Waals surface area (Å²) in [5, 5.41) is 10.2. The molecule has 13 heavy (non-hydrogen) atoms. The molecular weight excluding hydrogens is 164 g/mol. The SMILES string of the molecule is CCCC1CC1(O)c1occc1C. The molecule has 72 valence electrons. The molecule has 2 heteroatoms. The van der Waals surface area contributed by atoms with Gasteiger partial charge in [-0.05, 0) is 37.3 Å². The van der Waals surface area contributed by atoms with Gasteiger partial charge in [-0.1, -0.05) is 13.3 Å². The molecule has 1 aromatic heterocycles. The van der Waals surface area contributed by atoms with Gasteiger partial charge in [-0.3, -0.25) is 0 Å². The lowest BCUT2D eigenvalue weighted by Crippen LogP contribution is -2.08. The van der Waals surface area contributed by atoms with Gasteiger partial charge >= 0.3 is 0 Å². The molecule has 1 aliphatic rings. The third kappa shape index (κ3) is 1.29. The maximum atomic E-state index is 10.2. The van der Waals surface area contributed by atoms with Crippen LogP contribution in [0.2, 0.25) is 0 Å². The van der Waals surface area contributed by atoms with Gasteiger partial charge in [-0.15, -0.1) is 0 Å². The number of hydrogen-bond donors (Lipinski definition) is 1. The minimum absolute atomic E-state index is 0.419. The lowest BCUT2D eigenvalue weighted by Gasteiger charge is -2.07. The summed E-state index contributed by atoms with van der Waals surface area (Å²) in [5.74, 6) is 1.20. The molecule has 0 radical (unpaired) electrons. The van der Waals surface area contributed by atoms with Gasteiger partial charge in [-0.25, -0.2) is 0 Å². The number of furan rings is 1. The molecule has 1 N–H and O–H groups in total. The van der Waals surface area contributed by atoms with E-state index in [0.717, 1.165) is 30.6 Å². The van der Waals surface area contributed by atoms with Crippen molar-refractivity contribution in [3.63, 3.8) is 0 Å². The molecular formula is C11H16O2. The largest absolute Gasteiger partial charge is 0.466 e. The minimum Gasteiger partial charge on any atom is -0.466 e. The van der Waals surface area contributed by atoms with Crippen LogP contribution in [-0.2, 0) is 5.60 Å². The summed E-state index contributed by atoms with van der Waals surface area (Å²) in [5.41, 5.74) is 0.435. The Kier molecular flexibility index (Phi) is 1.95. The summed E-state index contributed by atoms with van der Waals surface area (Å²) >= 11 is 0. The molecule has 2 nitrogen and oxygen atoms in total. The number of rotatable bonds is 3. The Hall–Kier alpha value is -0.760. The van der Waals surface area contributed by atoms with E-state index in [1.807, 2.05) is 13.0 Å². The first-order valence-electron chi connectivity index (χ1n) is 4.95. The highest BCUT2D eigenvalue weighted by molar-refractivity contribution is 5.28. The van der Waals surface area contributed by atoms with Gasteiger partial charge < -0.3 is 9.52 Å². The number of aliphatic hydroxyl groups is 1. The third-order valence-corrected chi connectivity index (χ3v) is 2.97. The average Bonchev–Trinajstić information content (AvgIpc) is 2.56. The first-order valence-corrected chi connectivity index (χ1v) is 4.95. The Morgan fingerprint density at radius 3 is 3.00 bits per heavy atom. The van der Waals surface area contributed by atoms with Crippen molar-refractivity contribution in [1.82, 2.24) is 0 Å². The van der Waals surface area contributed by atoms with Crippen LogP contribution in [0.5, 0.6) is 0 Å². The molecule has 1 fully saturated rings. The molecule has 0 spiro atoms. The van der Waals surface area contributed by atoms with Crippen LogP contribution < -0.4 is 0 Å². The van der Waals surface area contributed by atoms with Crippen molar-refractivity contribution in [3.05, 3.63) is 23.7 Å². The lowest BCUT2D eigenvalue weighted by molar-refractivity contribution is 0.102. The zero-order valence-electron chi connectivity index (χ0n) is 8.21. The second kappa shape index (κ2) is 2.88. The molecule has 0 saturated heterocycles. The van der Waals surface area contributed by atoms with E-state index in [0.29, 0.717) is 5.92 Å². The van der Waals surface area contributed by atoms with Crippen LogP contribution in [0.25, 0.3) is 0 Å². The summed E-state index contributed by atoms with van der Waals surface area (Å²) in [6.07, 6.45) is 4.75. The Balaban J connectivity index is 2.15. The van der Waals surface area contributed by atoms with E-state index >= 15 is 0 Å². The fraction of sp³-hybridized carbons (Fsp3) is 0.636. The molecule has 2 atom stereocenters. The van der Waals surface area contributed by atoms with E-state index in [1.54, 1.807) is 6.26 Å². The minimum atomic E-state index is -0.635. The number of aryl methyl sites for hydroxylation is 1. The smallest absolute Gasteiger partial charge is 0.138 e. The van der Waals surface area contributed by atoms with Crippen molar-refractivity contribution in [2.24, 2.45) is 5.92 Å². The van der Waals surface area contributed by atoms with Crippen LogP contribution in [0, 0.1) is 12.8 Å². The highest BCUT2D eigenvalue weighted by Gasteiger charge is 2.56. The van der Waals surface area contributed by atoms with Crippen molar-refractivity contribution in [1.29, 1.82) is 0 Å². The van der Waals surface area contributed by atoms with Crippen molar-refractivity contribution >= 4 is 0 Å². The first-order chi connectivity index (χ1) is 6.18. The normalized spacial score (nSPS) is 32.1. The van der Waals surface area contributed by atoms with Crippen LogP contribution in [0.4, 0.5) is 0 Å². The molecule has 2 unspecified atom stereocenters. The monoisotopic (exact) mass is 180 g/mol. The van der Waals surface area contributed by atoms with Crippen molar-refractivity contribution in [2.75, 3.05) is 0 Å². The van der Waals surface area contributed by atoms with E-state index < -0.39 is 5.60 Å². The average molecular weight is 180 g/mol. The molecule has 1 aliphatic carbocycles. The molecule has 0 amide bonds. The molecule has 0 bridgehead atoms. The Morgan fingerprint density at radius 1 is 1.69 bits per heavy atom. The highest BCUT2D eigenvalue weighted by Crippen LogP contribution is 2.55. The van der Waals surface area contributed by atoms with E-state index in [2.05, 4.69) is 6.92 Å². The van der Waals surface area contributed by atoms with Crippen LogP contribution in [0.3, 0.4) is 0 Å². The van der Waals surface area contributed by atoms with Crippen LogP contribution >= 0.6 is 0 Å². The topological polar surface area (TPSA) is 33.4 Å². The van der Waals surface area contributed by atoms with Gasteiger partial charge in [0, 0.05) is 0 Å². The maximum absolute atomic E-state index is 10.2. The molecule has 1 saturated carbocycles. The summed E-state index contributed by atoms with van der Waals surface area (Å²) in [7, 11) is 0. The van der Waals surface area contributed by atoms with Gasteiger partial charge in [0.1, 0.15) is 11.4 Å². The van der Waals surface area contributed by atoms with Crippen LogP contribution in [0.1, 0.15) is 37.5 Å². The Bertz CT molecular complexity index is 303. The lowest BCUT2D eigenvalue weighted by atomic mass is 10.1. The van der Waals surface area contributed by atoms with Gasteiger partial charge in [-0.2, -0.15) is 0 Å². The standard InChI is InChI=1S/C11H16O2/c1-3-4-9-7-11(9,12)10-8(2)5-6-13-10/h5-6,9,12H,3-4,7H2,1-2H3. The second-order valence-electron chi connectivity index (χ2n) is 4.05. The van der Waals surface area contributed by atoms with Crippen molar-refractivity contribution in [3.8, 4) is 0 Å². The van der Waals surface area contributed by atoms with Gasteiger partial charge in [0.25, 0.3) is 0 Å². The number of hydrogen-bond acceptors (Lipinski definition) is 2. The Labute approximate surface area is 78.6 Å². The predicted molar refractivity (Wildman–Crippen MR) is 50.4 cm³/mol. The Morgan fingerprint density at radius 2 is 2.46 bits per heavy atom. The van der Waals surface area contributed by atoms with Gasteiger partial charge in [0.05, 0.1) is 6.26 Å². The molecule has 0 aromatic carbocycles.